The molecule has 1 amide bonds. The Balaban J connectivity index is 1.65. The average Bonchev–Trinajstić information content (AvgIpc) is 2.91. The van der Waals surface area contributed by atoms with Crippen LogP contribution in [0.25, 0.3) is 22.0 Å². The lowest BCUT2D eigenvalue weighted by Crippen LogP contribution is -2.26. The number of aryl methyl sites for hydroxylation is 2. The van der Waals surface area contributed by atoms with Gasteiger partial charge >= 0.3 is 5.97 Å². The lowest BCUT2D eigenvalue weighted by molar-refractivity contribution is -0.137. The van der Waals surface area contributed by atoms with Crippen LogP contribution in [0.2, 0.25) is 0 Å². The van der Waals surface area contributed by atoms with Crippen molar-refractivity contribution in [2.45, 2.75) is 38.6 Å². The zero-order valence-corrected chi connectivity index (χ0v) is 20.4. The number of rotatable bonds is 11. The van der Waals surface area contributed by atoms with E-state index in [-0.39, 0.29) is 23.4 Å². The number of nitrogens with one attached hydrogen (secondary N) is 1. The van der Waals surface area contributed by atoms with Crippen LogP contribution in [0, 0.1) is 0 Å². The number of aromatic hydroxyl groups is 1. The molecule has 0 radical (unpaired) electrons. The summed E-state index contributed by atoms with van der Waals surface area (Å²) in [5, 5.41) is 22.9. The fourth-order valence-corrected chi connectivity index (χ4v) is 4.29. The standard InChI is InChI=1S/C29H29N3O5/c33-25(34)14-8-3-9-16-30-28(36)26-27(35)23-18-22(21-12-6-2-7-13-21)29(37)32(24(23)19-31-26)17-15-20-10-4-1-5-11-20/h1-2,4-7,10-13,18-19,35H,3,8-9,14-17H2,(H,30,36)(H,33,34). The molecule has 0 atom stereocenters. The van der Waals surface area contributed by atoms with Crippen molar-refractivity contribution in [1.29, 1.82) is 0 Å². The molecule has 37 heavy (non-hydrogen) atoms. The number of aliphatic carboxylic acids is 1. The van der Waals surface area contributed by atoms with Gasteiger partial charge in [0, 0.05) is 30.5 Å². The number of carboxylic acid groups (broad SMARTS) is 1. The first kappa shape index (κ1) is 25.6. The minimum absolute atomic E-state index is 0.0939. The molecule has 0 unspecified atom stereocenters. The molecule has 8 heteroatoms. The quantitative estimate of drug-likeness (QED) is 0.263. The lowest BCUT2D eigenvalue weighted by atomic mass is 10.0. The molecule has 2 heterocycles. The molecular formula is C29H29N3O5. The zero-order chi connectivity index (χ0) is 26.2. The smallest absolute Gasteiger partial charge is 0.303 e. The van der Waals surface area contributed by atoms with Crippen molar-refractivity contribution in [1.82, 2.24) is 14.9 Å². The van der Waals surface area contributed by atoms with Crippen LogP contribution in [0.15, 0.2) is 77.7 Å². The third kappa shape index (κ3) is 6.22. The summed E-state index contributed by atoms with van der Waals surface area (Å²) in [4.78, 5) is 41.1. The van der Waals surface area contributed by atoms with Gasteiger partial charge in [0.05, 0.1) is 11.7 Å². The summed E-state index contributed by atoms with van der Waals surface area (Å²) in [5.74, 6) is -1.65. The van der Waals surface area contributed by atoms with E-state index in [1.165, 1.54) is 6.20 Å². The molecule has 0 fully saturated rings. The first-order valence-corrected chi connectivity index (χ1v) is 12.3. The predicted molar refractivity (Wildman–Crippen MR) is 142 cm³/mol. The van der Waals surface area contributed by atoms with E-state index in [0.717, 1.165) is 5.56 Å². The molecule has 0 aliphatic heterocycles. The van der Waals surface area contributed by atoms with Crippen LogP contribution in [-0.4, -0.2) is 38.2 Å². The first-order valence-electron chi connectivity index (χ1n) is 12.3. The topological polar surface area (TPSA) is 122 Å². The van der Waals surface area contributed by atoms with E-state index in [1.807, 2.05) is 60.7 Å². The fraction of sp³-hybridized carbons (Fsp3) is 0.241. The lowest BCUT2D eigenvalue weighted by Gasteiger charge is -2.15. The summed E-state index contributed by atoms with van der Waals surface area (Å²) in [6.45, 7) is 0.715. The minimum Gasteiger partial charge on any atom is -0.505 e. The second kappa shape index (κ2) is 12.0. The molecule has 190 valence electrons. The van der Waals surface area contributed by atoms with Crippen LogP contribution in [0.5, 0.6) is 5.75 Å². The van der Waals surface area contributed by atoms with Gasteiger partial charge in [0.1, 0.15) is 0 Å². The maximum Gasteiger partial charge on any atom is 0.303 e. The van der Waals surface area contributed by atoms with Crippen LogP contribution in [0.1, 0.15) is 41.7 Å². The molecule has 0 bridgehead atoms. The van der Waals surface area contributed by atoms with Crippen molar-refractivity contribution in [3.8, 4) is 16.9 Å². The molecule has 0 aliphatic rings. The number of carboxylic acids is 1. The van der Waals surface area contributed by atoms with Gasteiger partial charge in [0.15, 0.2) is 11.4 Å². The summed E-state index contributed by atoms with van der Waals surface area (Å²) in [6, 6.07) is 20.6. The number of pyridine rings is 2. The van der Waals surface area contributed by atoms with Gasteiger partial charge < -0.3 is 20.1 Å². The Morgan fingerprint density at radius 1 is 0.946 bits per heavy atom. The largest absolute Gasteiger partial charge is 0.505 e. The van der Waals surface area contributed by atoms with Crippen molar-refractivity contribution in [2.24, 2.45) is 0 Å². The second-order valence-corrected chi connectivity index (χ2v) is 8.83. The molecule has 2 aromatic carbocycles. The fourth-order valence-electron chi connectivity index (χ4n) is 4.29. The van der Waals surface area contributed by atoms with Crippen molar-refractivity contribution < 1.29 is 19.8 Å². The Morgan fingerprint density at radius 2 is 1.65 bits per heavy atom. The van der Waals surface area contributed by atoms with Gasteiger partial charge in [0.25, 0.3) is 11.5 Å². The minimum atomic E-state index is -0.841. The van der Waals surface area contributed by atoms with Crippen LogP contribution in [0.3, 0.4) is 0 Å². The highest BCUT2D eigenvalue weighted by Gasteiger charge is 2.20. The molecule has 0 saturated heterocycles. The average molecular weight is 500 g/mol. The summed E-state index contributed by atoms with van der Waals surface area (Å²) >= 11 is 0. The molecule has 0 spiro atoms. The molecule has 8 nitrogen and oxygen atoms in total. The predicted octanol–water partition coefficient (Wildman–Crippen LogP) is 4.39. The number of nitrogens with zero attached hydrogens (tertiary/aromatic N) is 2. The van der Waals surface area contributed by atoms with Crippen LogP contribution < -0.4 is 10.9 Å². The highest BCUT2D eigenvalue weighted by atomic mass is 16.4. The van der Waals surface area contributed by atoms with Crippen molar-refractivity contribution in [2.75, 3.05) is 6.54 Å². The Kier molecular flexibility index (Phi) is 8.30. The van der Waals surface area contributed by atoms with Gasteiger partial charge in [-0.15, -0.1) is 0 Å². The summed E-state index contributed by atoms with van der Waals surface area (Å²) in [6.07, 6.45) is 3.98. The Morgan fingerprint density at radius 3 is 2.35 bits per heavy atom. The van der Waals surface area contributed by atoms with Gasteiger partial charge in [-0.05, 0) is 36.5 Å². The van der Waals surface area contributed by atoms with Gasteiger partial charge in [-0.2, -0.15) is 0 Å². The third-order valence-corrected chi connectivity index (χ3v) is 6.25. The van der Waals surface area contributed by atoms with Crippen molar-refractivity contribution in [3.05, 3.63) is 94.5 Å². The number of amides is 1. The number of carbonyl (C=O) groups excluding carboxylic acids is 1. The summed E-state index contributed by atoms with van der Waals surface area (Å²) in [5.41, 5.74) is 2.34. The maximum atomic E-state index is 13.5. The SMILES string of the molecule is O=C(O)CCCCCNC(=O)c1ncc2c(cc(-c3ccccc3)c(=O)n2CCc2ccccc2)c1O. The van der Waals surface area contributed by atoms with E-state index in [0.29, 0.717) is 60.8 Å². The van der Waals surface area contributed by atoms with E-state index in [4.69, 9.17) is 5.11 Å². The van der Waals surface area contributed by atoms with Crippen LogP contribution >= 0.6 is 0 Å². The van der Waals surface area contributed by atoms with E-state index < -0.39 is 11.9 Å². The van der Waals surface area contributed by atoms with Gasteiger partial charge in [-0.1, -0.05) is 67.1 Å². The number of hydrogen-bond donors (Lipinski definition) is 3. The zero-order valence-electron chi connectivity index (χ0n) is 20.4. The summed E-state index contributed by atoms with van der Waals surface area (Å²) in [7, 11) is 0. The van der Waals surface area contributed by atoms with Crippen molar-refractivity contribution >= 4 is 22.8 Å². The Bertz CT molecular complexity index is 1450. The van der Waals surface area contributed by atoms with Gasteiger partial charge in [-0.25, -0.2) is 4.98 Å². The number of unbranched alkanes of at least 4 members (excludes halogenated alkanes) is 2. The summed E-state index contributed by atoms with van der Waals surface area (Å²) < 4.78 is 1.60. The molecule has 3 N–H and O–H groups in total. The monoisotopic (exact) mass is 499 g/mol. The molecule has 2 aromatic heterocycles. The maximum absolute atomic E-state index is 13.5. The van der Waals surface area contributed by atoms with Gasteiger partial charge in [0.2, 0.25) is 0 Å². The highest BCUT2D eigenvalue weighted by Crippen LogP contribution is 2.30. The van der Waals surface area contributed by atoms with Crippen molar-refractivity contribution in [3.63, 3.8) is 0 Å². The first-order chi connectivity index (χ1) is 18.0. The van der Waals surface area contributed by atoms with E-state index >= 15 is 0 Å². The Hall–Kier alpha value is -4.46. The normalized spacial score (nSPS) is 10.9. The number of hydrogen-bond acceptors (Lipinski definition) is 5. The second-order valence-electron chi connectivity index (χ2n) is 8.83. The van der Waals surface area contributed by atoms with E-state index in [9.17, 15) is 19.5 Å². The molecule has 0 aliphatic carbocycles. The van der Waals surface area contributed by atoms with Crippen LogP contribution in [0.4, 0.5) is 0 Å². The number of aromatic nitrogens is 2. The number of fused-ring (bicyclic) bond motifs is 1. The molecule has 4 rings (SSSR count). The van der Waals surface area contributed by atoms with Crippen LogP contribution in [-0.2, 0) is 17.8 Å². The molecule has 4 aromatic rings. The number of benzene rings is 2. The molecular weight excluding hydrogens is 470 g/mol. The van der Waals surface area contributed by atoms with E-state index in [1.54, 1.807) is 10.6 Å². The molecule has 0 saturated carbocycles. The van der Waals surface area contributed by atoms with E-state index in [2.05, 4.69) is 10.3 Å². The third-order valence-electron chi connectivity index (χ3n) is 6.25. The highest BCUT2D eigenvalue weighted by molar-refractivity contribution is 6.01. The van der Waals surface area contributed by atoms with Gasteiger partial charge in [-0.3, -0.25) is 14.4 Å². The number of carbonyl (C=O) groups is 2. The Labute approximate surface area is 214 Å².